The molecular weight excluding hydrogens is 316 g/mol. The Morgan fingerprint density at radius 1 is 1.04 bits per heavy atom. The van der Waals surface area contributed by atoms with Gasteiger partial charge in [-0.15, -0.1) is 0 Å². The predicted octanol–water partition coefficient (Wildman–Crippen LogP) is 2.07. The second kappa shape index (κ2) is 6.89. The van der Waals surface area contributed by atoms with Crippen molar-refractivity contribution in [2.45, 2.75) is 63.6 Å². The highest BCUT2D eigenvalue weighted by atomic mass is 16.3. The minimum atomic E-state index is -0.187. The number of hydrogen-bond donors (Lipinski definition) is 2. The van der Waals surface area contributed by atoms with Crippen molar-refractivity contribution in [2.24, 2.45) is 5.92 Å². The van der Waals surface area contributed by atoms with Crippen LogP contribution in [0.4, 0.5) is 0 Å². The Labute approximate surface area is 148 Å². The first kappa shape index (κ1) is 16.7. The van der Waals surface area contributed by atoms with Gasteiger partial charge in [-0.3, -0.25) is 19.8 Å². The van der Waals surface area contributed by atoms with Gasteiger partial charge in [0.15, 0.2) is 0 Å². The summed E-state index contributed by atoms with van der Waals surface area (Å²) in [7, 11) is 0. The molecule has 2 amide bonds. The van der Waals surface area contributed by atoms with E-state index in [1.54, 1.807) is 0 Å². The van der Waals surface area contributed by atoms with Crippen molar-refractivity contribution in [3.8, 4) is 0 Å². The van der Waals surface area contributed by atoms with Crippen molar-refractivity contribution in [2.75, 3.05) is 6.61 Å². The normalized spacial score (nSPS) is 30.2. The summed E-state index contributed by atoms with van der Waals surface area (Å²) in [5.41, 5.74) is 4.03. The van der Waals surface area contributed by atoms with Crippen molar-refractivity contribution in [3.05, 3.63) is 34.9 Å². The third-order valence-electron chi connectivity index (χ3n) is 6.20. The quantitative estimate of drug-likeness (QED) is 0.825. The molecule has 5 heteroatoms. The number of imide groups is 1. The number of aliphatic hydroxyl groups is 1. The lowest BCUT2D eigenvalue weighted by atomic mass is 9.78. The standard InChI is InChI=1S/C20H26N2O3/c23-12-13-1-3-14(4-2-13)15-5-6-16-10-22(11-17(16)9-15)18-7-8-19(24)21-20(18)25/h5-6,9,13-14,18,23H,1-4,7-8,10-12H2,(H,21,24,25). The Balaban J connectivity index is 1.44. The Morgan fingerprint density at radius 2 is 1.80 bits per heavy atom. The summed E-state index contributed by atoms with van der Waals surface area (Å²) in [6.07, 6.45) is 5.59. The van der Waals surface area contributed by atoms with Crippen molar-refractivity contribution in [1.82, 2.24) is 10.2 Å². The van der Waals surface area contributed by atoms with E-state index in [1.807, 2.05) is 0 Å². The van der Waals surface area contributed by atoms with E-state index in [0.29, 0.717) is 31.3 Å². The first-order chi connectivity index (χ1) is 12.1. The van der Waals surface area contributed by atoms with E-state index in [9.17, 15) is 14.7 Å². The number of nitrogens with zero attached hydrogens (tertiary/aromatic N) is 1. The Bertz CT molecular complexity index is 680. The van der Waals surface area contributed by atoms with Crippen LogP contribution in [-0.2, 0) is 22.7 Å². The van der Waals surface area contributed by atoms with Crippen molar-refractivity contribution >= 4 is 11.8 Å². The molecule has 2 N–H and O–H groups in total. The summed E-state index contributed by atoms with van der Waals surface area (Å²) in [4.78, 5) is 25.7. The van der Waals surface area contributed by atoms with Crippen LogP contribution in [0.25, 0.3) is 0 Å². The molecule has 0 aromatic heterocycles. The SMILES string of the molecule is O=C1CCC(N2Cc3ccc(C4CCC(CO)CC4)cc3C2)C(=O)N1. The van der Waals surface area contributed by atoms with Gasteiger partial charge in [-0.2, -0.15) is 0 Å². The van der Waals surface area contributed by atoms with E-state index in [1.165, 1.54) is 16.7 Å². The van der Waals surface area contributed by atoms with E-state index >= 15 is 0 Å². The molecule has 2 aliphatic heterocycles. The summed E-state index contributed by atoms with van der Waals surface area (Å²) in [6.45, 7) is 1.90. The first-order valence-corrected chi connectivity index (χ1v) is 9.44. The number of benzene rings is 1. The van der Waals surface area contributed by atoms with Crippen molar-refractivity contribution in [1.29, 1.82) is 0 Å². The monoisotopic (exact) mass is 342 g/mol. The molecule has 1 aliphatic carbocycles. The zero-order valence-corrected chi connectivity index (χ0v) is 14.5. The molecule has 2 heterocycles. The van der Waals surface area contributed by atoms with Gasteiger partial charge < -0.3 is 5.11 Å². The number of fused-ring (bicyclic) bond motifs is 1. The molecule has 1 atom stereocenters. The second-order valence-electron chi connectivity index (χ2n) is 7.80. The molecule has 4 rings (SSSR count). The lowest BCUT2D eigenvalue weighted by molar-refractivity contribution is -0.137. The van der Waals surface area contributed by atoms with Gasteiger partial charge in [0.2, 0.25) is 11.8 Å². The lowest BCUT2D eigenvalue weighted by Crippen LogP contribution is -2.50. The van der Waals surface area contributed by atoms with Gasteiger partial charge in [-0.05, 0) is 60.6 Å². The predicted molar refractivity (Wildman–Crippen MR) is 93.6 cm³/mol. The highest BCUT2D eigenvalue weighted by Crippen LogP contribution is 2.37. The largest absolute Gasteiger partial charge is 0.396 e. The molecule has 1 saturated heterocycles. The van der Waals surface area contributed by atoms with Crippen LogP contribution in [0.5, 0.6) is 0 Å². The Morgan fingerprint density at radius 3 is 2.52 bits per heavy atom. The number of rotatable bonds is 3. The van der Waals surface area contributed by atoms with E-state index in [0.717, 1.165) is 38.8 Å². The summed E-state index contributed by atoms with van der Waals surface area (Å²) >= 11 is 0. The van der Waals surface area contributed by atoms with Gasteiger partial charge in [0, 0.05) is 26.1 Å². The van der Waals surface area contributed by atoms with E-state index in [4.69, 9.17) is 0 Å². The summed E-state index contributed by atoms with van der Waals surface area (Å²) < 4.78 is 0. The molecule has 0 spiro atoms. The van der Waals surface area contributed by atoms with Crippen LogP contribution in [0.15, 0.2) is 18.2 Å². The first-order valence-electron chi connectivity index (χ1n) is 9.44. The molecule has 1 saturated carbocycles. The number of aliphatic hydroxyl groups excluding tert-OH is 1. The van der Waals surface area contributed by atoms with Gasteiger partial charge in [-0.25, -0.2) is 0 Å². The van der Waals surface area contributed by atoms with E-state index in [2.05, 4.69) is 28.4 Å². The van der Waals surface area contributed by atoms with Crippen LogP contribution < -0.4 is 5.32 Å². The third-order valence-corrected chi connectivity index (χ3v) is 6.20. The van der Waals surface area contributed by atoms with Gasteiger partial charge in [0.05, 0.1) is 6.04 Å². The second-order valence-corrected chi connectivity index (χ2v) is 7.80. The topological polar surface area (TPSA) is 69.6 Å². The molecule has 25 heavy (non-hydrogen) atoms. The van der Waals surface area contributed by atoms with Gasteiger partial charge in [-0.1, -0.05) is 18.2 Å². The number of carbonyl (C=O) groups excluding carboxylic acids is 2. The maximum Gasteiger partial charge on any atom is 0.243 e. The number of piperidine rings is 1. The highest BCUT2D eigenvalue weighted by Gasteiger charge is 2.35. The molecule has 134 valence electrons. The van der Waals surface area contributed by atoms with Crippen LogP contribution >= 0.6 is 0 Å². The molecule has 1 aromatic carbocycles. The minimum Gasteiger partial charge on any atom is -0.396 e. The Kier molecular flexibility index (Phi) is 4.61. The highest BCUT2D eigenvalue weighted by molar-refractivity contribution is 6.00. The van der Waals surface area contributed by atoms with E-state index < -0.39 is 0 Å². The maximum atomic E-state index is 12.1. The fraction of sp³-hybridized carbons (Fsp3) is 0.600. The van der Waals surface area contributed by atoms with Crippen LogP contribution in [-0.4, -0.2) is 34.5 Å². The van der Waals surface area contributed by atoms with Crippen molar-refractivity contribution in [3.63, 3.8) is 0 Å². The smallest absolute Gasteiger partial charge is 0.243 e. The average molecular weight is 342 g/mol. The minimum absolute atomic E-state index is 0.147. The van der Waals surface area contributed by atoms with Crippen LogP contribution in [0.1, 0.15) is 61.1 Å². The third kappa shape index (κ3) is 3.35. The average Bonchev–Trinajstić information content (AvgIpc) is 3.04. The zero-order chi connectivity index (χ0) is 17.4. The van der Waals surface area contributed by atoms with Gasteiger partial charge >= 0.3 is 0 Å². The Hall–Kier alpha value is -1.72. The van der Waals surface area contributed by atoms with E-state index in [-0.39, 0.29) is 17.9 Å². The van der Waals surface area contributed by atoms with Gasteiger partial charge in [0.25, 0.3) is 0 Å². The van der Waals surface area contributed by atoms with Gasteiger partial charge in [0.1, 0.15) is 0 Å². The molecule has 1 unspecified atom stereocenters. The summed E-state index contributed by atoms with van der Waals surface area (Å²) in [6, 6.07) is 6.60. The number of amides is 2. The summed E-state index contributed by atoms with van der Waals surface area (Å²) in [5.74, 6) is 0.775. The summed E-state index contributed by atoms with van der Waals surface area (Å²) in [5, 5.41) is 11.8. The van der Waals surface area contributed by atoms with Crippen LogP contribution in [0.2, 0.25) is 0 Å². The van der Waals surface area contributed by atoms with Crippen molar-refractivity contribution < 1.29 is 14.7 Å². The number of nitrogens with one attached hydrogen (secondary N) is 1. The molecule has 2 fully saturated rings. The number of hydrogen-bond acceptors (Lipinski definition) is 4. The molecule has 0 radical (unpaired) electrons. The fourth-order valence-electron chi connectivity index (χ4n) is 4.62. The zero-order valence-electron chi connectivity index (χ0n) is 14.5. The van der Waals surface area contributed by atoms with Crippen LogP contribution in [0, 0.1) is 5.92 Å². The molecule has 3 aliphatic rings. The number of carbonyl (C=O) groups is 2. The lowest BCUT2D eigenvalue weighted by Gasteiger charge is -2.29. The molecule has 5 nitrogen and oxygen atoms in total. The molecule has 0 bridgehead atoms. The maximum absolute atomic E-state index is 12.1. The molecule has 1 aromatic rings. The fourth-order valence-corrected chi connectivity index (χ4v) is 4.62. The van der Waals surface area contributed by atoms with Crippen LogP contribution in [0.3, 0.4) is 0 Å². The molecular formula is C20H26N2O3.